The fraction of sp³-hybridized carbons (Fsp3) is 0. The Morgan fingerprint density at radius 3 is 2.38 bits per heavy atom. The minimum Gasteiger partial charge on any atom is -0.361 e. The molecular weight excluding hydrogens is 132 g/mol. The summed E-state index contributed by atoms with van der Waals surface area (Å²) in [5.41, 5.74) is 0. The Bertz CT molecular complexity index is 238. The number of rotatable bonds is 0. The fourth-order valence-electron chi connectivity index (χ4n) is 0.264. The Kier molecular flexibility index (Phi) is 0.839. The van der Waals surface area contributed by atoms with Crippen LogP contribution in [0.2, 0.25) is 0 Å². The molecule has 0 spiro atoms. The summed E-state index contributed by atoms with van der Waals surface area (Å²) in [6.45, 7) is 0. The molecule has 1 heterocycles. The van der Waals surface area contributed by atoms with Crippen LogP contribution in [0.5, 0.6) is 0 Å². The van der Waals surface area contributed by atoms with Gasteiger partial charge in [-0.1, -0.05) is 0 Å². The number of hydrogen-bond acceptors (Lipinski definition) is 3. The Morgan fingerprint density at radius 1 is 1.62 bits per heavy atom. The standard InChI is InChI=1S/C2HN2O3S/c5-2-1-3-8(6,7)4-2/h(H,4,5)/q-1. The van der Waals surface area contributed by atoms with E-state index in [9.17, 15) is 13.2 Å². The number of amides is 1. The Hall–Kier alpha value is -0.910. The van der Waals surface area contributed by atoms with Gasteiger partial charge in [0.15, 0.2) is 0 Å². The van der Waals surface area contributed by atoms with Gasteiger partial charge >= 0.3 is 10.2 Å². The van der Waals surface area contributed by atoms with Crippen LogP contribution in [0.3, 0.4) is 0 Å². The number of nitrogens with one attached hydrogen (secondary N) is 1. The highest BCUT2D eigenvalue weighted by molar-refractivity contribution is 7.89. The van der Waals surface area contributed by atoms with Crippen LogP contribution < -0.4 is 4.72 Å². The second kappa shape index (κ2) is 1.28. The number of carbonyl (C=O) groups is 1. The second-order valence-corrected chi connectivity index (χ2v) is 2.45. The van der Waals surface area contributed by atoms with E-state index in [2.05, 4.69) is 4.40 Å². The van der Waals surface area contributed by atoms with Crippen LogP contribution in [0.4, 0.5) is 0 Å². The van der Waals surface area contributed by atoms with Crippen molar-refractivity contribution in [3.8, 4) is 0 Å². The molecule has 0 unspecified atom stereocenters. The highest BCUT2D eigenvalue weighted by Gasteiger charge is 2.05. The van der Waals surface area contributed by atoms with E-state index in [1.54, 1.807) is 10.9 Å². The molecule has 1 aliphatic rings. The lowest BCUT2D eigenvalue weighted by Gasteiger charge is -1.90. The smallest absolute Gasteiger partial charge is 0.309 e. The predicted molar refractivity (Wildman–Crippen MR) is 24.5 cm³/mol. The van der Waals surface area contributed by atoms with Gasteiger partial charge in [0.05, 0.1) is 5.91 Å². The predicted octanol–water partition coefficient (Wildman–Crippen LogP) is -1.69. The number of carbonyl (C=O) groups excluding carboxylic acids is 1. The molecule has 44 valence electrons. The van der Waals surface area contributed by atoms with Gasteiger partial charge in [-0.3, -0.25) is 10.9 Å². The van der Waals surface area contributed by atoms with Crippen molar-refractivity contribution < 1.29 is 13.2 Å². The Morgan fingerprint density at radius 2 is 2.25 bits per heavy atom. The maximum Gasteiger partial charge on any atom is 0.309 e. The van der Waals surface area contributed by atoms with Gasteiger partial charge in [0.1, 0.15) is 0 Å². The molecule has 0 aromatic rings. The summed E-state index contributed by atoms with van der Waals surface area (Å²) in [5.74, 6) is -0.815. The molecule has 0 saturated heterocycles. The summed E-state index contributed by atoms with van der Waals surface area (Å²) in [7, 11) is -3.68. The minimum absolute atomic E-state index is 0.815. The maximum absolute atomic E-state index is 10.1. The highest BCUT2D eigenvalue weighted by atomic mass is 32.2. The van der Waals surface area contributed by atoms with Crippen LogP contribution >= 0.6 is 0 Å². The van der Waals surface area contributed by atoms with Crippen molar-refractivity contribution >= 4 is 22.3 Å². The molecule has 0 aromatic heterocycles. The van der Waals surface area contributed by atoms with E-state index >= 15 is 0 Å². The van der Waals surface area contributed by atoms with Crippen molar-refractivity contribution in [2.75, 3.05) is 0 Å². The normalized spacial score (nSPS) is 23.2. The first-order valence-electron chi connectivity index (χ1n) is 1.65. The average Bonchev–Trinajstić information content (AvgIpc) is 1.82. The van der Waals surface area contributed by atoms with Gasteiger partial charge in [0.2, 0.25) is 0 Å². The van der Waals surface area contributed by atoms with Gasteiger partial charge in [0.25, 0.3) is 0 Å². The third kappa shape index (κ3) is 0.836. The summed E-state index contributed by atoms with van der Waals surface area (Å²) >= 11 is 0. The zero-order valence-electron chi connectivity index (χ0n) is 3.58. The SMILES string of the molecule is O=C1[C-]=NS(=O)(=O)N1. The summed E-state index contributed by atoms with van der Waals surface area (Å²) in [5, 5.41) is 0. The van der Waals surface area contributed by atoms with Gasteiger partial charge in [-0.25, -0.2) is 0 Å². The second-order valence-electron chi connectivity index (χ2n) is 1.11. The van der Waals surface area contributed by atoms with Crippen molar-refractivity contribution in [3.05, 3.63) is 0 Å². The zero-order valence-corrected chi connectivity index (χ0v) is 4.40. The molecule has 1 N–H and O–H groups in total. The van der Waals surface area contributed by atoms with Crippen LogP contribution in [-0.4, -0.2) is 20.5 Å². The fourth-order valence-corrected chi connectivity index (χ4v) is 0.793. The summed E-state index contributed by atoms with van der Waals surface area (Å²) in [6.07, 6.45) is 1.70. The number of nitrogens with zero attached hydrogens (tertiary/aromatic N) is 1. The van der Waals surface area contributed by atoms with Crippen LogP contribution in [-0.2, 0) is 15.0 Å². The molecule has 5 nitrogen and oxygen atoms in total. The third-order valence-electron chi connectivity index (χ3n) is 0.489. The van der Waals surface area contributed by atoms with Crippen molar-refractivity contribution in [1.29, 1.82) is 0 Å². The average molecular weight is 133 g/mol. The summed E-state index contributed by atoms with van der Waals surface area (Å²) in [6, 6.07) is 0. The van der Waals surface area contributed by atoms with Crippen molar-refractivity contribution in [2.24, 2.45) is 4.40 Å². The van der Waals surface area contributed by atoms with E-state index in [1.165, 1.54) is 0 Å². The van der Waals surface area contributed by atoms with Gasteiger partial charge in [-0.05, 0) is 0 Å². The largest absolute Gasteiger partial charge is 0.361 e. The van der Waals surface area contributed by atoms with Crippen LogP contribution in [0.15, 0.2) is 4.40 Å². The summed E-state index contributed by atoms with van der Waals surface area (Å²) in [4.78, 5) is 9.96. The lowest BCUT2D eigenvalue weighted by molar-refractivity contribution is -0.112. The van der Waals surface area contributed by atoms with Gasteiger partial charge in [0, 0.05) is 0 Å². The van der Waals surface area contributed by atoms with Crippen molar-refractivity contribution in [3.63, 3.8) is 0 Å². The van der Waals surface area contributed by atoms with Crippen LogP contribution in [0, 0.1) is 0 Å². The van der Waals surface area contributed by atoms with Crippen molar-refractivity contribution in [2.45, 2.75) is 0 Å². The molecule has 6 heteroatoms. The highest BCUT2D eigenvalue weighted by Crippen LogP contribution is 1.89. The molecule has 1 amide bonds. The van der Waals surface area contributed by atoms with E-state index in [0.717, 1.165) is 0 Å². The lowest BCUT2D eigenvalue weighted by Crippen LogP contribution is -2.21. The van der Waals surface area contributed by atoms with Crippen LogP contribution in [0.1, 0.15) is 0 Å². The summed E-state index contributed by atoms with van der Waals surface area (Å²) < 4.78 is 24.4. The van der Waals surface area contributed by atoms with E-state index in [-0.39, 0.29) is 0 Å². The zero-order chi connectivity index (χ0) is 6.20. The molecule has 0 atom stereocenters. The first kappa shape index (κ1) is 5.23. The third-order valence-corrected chi connectivity index (χ3v) is 1.26. The molecule has 8 heavy (non-hydrogen) atoms. The van der Waals surface area contributed by atoms with Crippen LogP contribution in [0.25, 0.3) is 0 Å². The molecule has 1 rings (SSSR count). The van der Waals surface area contributed by atoms with Crippen molar-refractivity contribution in [1.82, 2.24) is 4.72 Å². The first-order chi connectivity index (χ1) is 3.60. The lowest BCUT2D eigenvalue weighted by atomic mass is 10.7. The van der Waals surface area contributed by atoms with Gasteiger partial charge < -0.3 is 9.19 Å². The number of hydrogen-bond donors (Lipinski definition) is 1. The molecule has 0 radical (unpaired) electrons. The van der Waals surface area contributed by atoms with Gasteiger partial charge in [-0.2, -0.15) is 8.42 Å². The molecule has 0 aliphatic carbocycles. The molecule has 0 aromatic carbocycles. The molecular formula is C2HN2O3S-. The quantitative estimate of drug-likeness (QED) is 0.400. The van der Waals surface area contributed by atoms with Gasteiger partial charge in [-0.15, -0.1) is 0 Å². The van der Waals surface area contributed by atoms with E-state index in [0.29, 0.717) is 0 Å². The van der Waals surface area contributed by atoms with E-state index in [1.807, 2.05) is 0 Å². The Labute approximate surface area is 45.6 Å². The monoisotopic (exact) mass is 133 g/mol. The van der Waals surface area contributed by atoms with E-state index < -0.39 is 16.1 Å². The first-order valence-corrected chi connectivity index (χ1v) is 3.09. The topological polar surface area (TPSA) is 75.6 Å². The molecule has 1 aliphatic heterocycles. The molecule has 0 saturated carbocycles. The molecule has 0 bridgehead atoms. The Balaban J connectivity index is 3.06. The van der Waals surface area contributed by atoms with E-state index in [4.69, 9.17) is 0 Å². The maximum atomic E-state index is 10.1. The molecule has 0 fully saturated rings. The minimum atomic E-state index is -3.68.